The molecule has 1 aromatic carbocycles. The zero-order valence-corrected chi connectivity index (χ0v) is 17.4. The Morgan fingerprint density at radius 2 is 1.97 bits per heavy atom. The summed E-state index contributed by atoms with van der Waals surface area (Å²) < 4.78 is 33.6. The molecule has 0 unspecified atom stereocenters. The summed E-state index contributed by atoms with van der Waals surface area (Å²) in [6.07, 6.45) is 2.57. The van der Waals surface area contributed by atoms with Crippen molar-refractivity contribution in [2.75, 3.05) is 31.1 Å². The number of halogens is 1. The van der Waals surface area contributed by atoms with Crippen molar-refractivity contribution in [3.8, 4) is 5.82 Å². The van der Waals surface area contributed by atoms with E-state index in [0.29, 0.717) is 48.6 Å². The third kappa shape index (κ3) is 3.74. The Morgan fingerprint density at radius 1 is 1.23 bits per heavy atom. The molecule has 1 aliphatic rings. The average Bonchev–Trinajstić information content (AvgIpc) is 3.05. The maximum absolute atomic E-state index is 15.4. The summed E-state index contributed by atoms with van der Waals surface area (Å²) in [7, 11) is 1.68. The summed E-state index contributed by atoms with van der Waals surface area (Å²) in [5.74, 6) is 0.0596. The van der Waals surface area contributed by atoms with Crippen molar-refractivity contribution in [1.82, 2.24) is 24.7 Å². The SMILES string of the molecule is Cn1nc(-n2cco[nH]o2)c2ccc(N3CCN(C(=O)OC(C)(C)C)CC3)c(F)c21. The van der Waals surface area contributed by atoms with Crippen LogP contribution in [0.5, 0.6) is 0 Å². The number of H-pyrrole nitrogens is 1. The van der Waals surface area contributed by atoms with Crippen molar-refractivity contribution in [3.05, 3.63) is 30.4 Å². The van der Waals surface area contributed by atoms with Crippen LogP contribution in [0.3, 0.4) is 0 Å². The van der Waals surface area contributed by atoms with Gasteiger partial charge in [-0.15, -0.1) is 4.74 Å². The molecule has 0 saturated carbocycles. The summed E-state index contributed by atoms with van der Waals surface area (Å²) in [6.45, 7) is 7.44. The molecule has 0 spiro atoms. The maximum Gasteiger partial charge on any atom is 0.410 e. The number of hydrogen-bond acceptors (Lipinski definition) is 6. The van der Waals surface area contributed by atoms with Crippen molar-refractivity contribution in [2.24, 2.45) is 7.05 Å². The van der Waals surface area contributed by atoms with Gasteiger partial charge in [0.1, 0.15) is 17.4 Å². The number of hydrogen-bond donors (Lipinski definition) is 1. The number of benzene rings is 1. The molecule has 3 heterocycles. The highest BCUT2D eigenvalue weighted by Crippen LogP contribution is 2.31. The molecule has 1 amide bonds. The second kappa shape index (κ2) is 7.47. The first-order valence-electron chi connectivity index (χ1n) is 9.66. The second-order valence-corrected chi connectivity index (χ2v) is 8.10. The Balaban J connectivity index is 1.57. The van der Waals surface area contributed by atoms with Gasteiger partial charge in [0.05, 0.1) is 17.3 Å². The van der Waals surface area contributed by atoms with Gasteiger partial charge in [0.15, 0.2) is 5.82 Å². The fourth-order valence-electron chi connectivity index (χ4n) is 3.48. The molecule has 1 N–H and O–H groups in total. The summed E-state index contributed by atoms with van der Waals surface area (Å²) >= 11 is 0. The minimum Gasteiger partial charge on any atom is -0.444 e. The van der Waals surface area contributed by atoms with Crippen LogP contribution < -0.4 is 4.90 Å². The van der Waals surface area contributed by atoms with E-state index < -0.39 is 5.60 Å². The van der Waals surface area contributed by atoms with Crippen LogP contribution in [0.15, 0.2) is 33.7 Å². The van der Waals surface area contributed by atoms with Crippen molar-refractivity contribution in [2.45, 2.75) is 26.4 Å². The van der Waals surface area contributed by atoms with Crippen LogP contribution in [0.2, 0.25) is 0 Å². The van der Waals surface area contributed by atoms with E-state index in [4.69, 9.17) is 13.9 Å². The monoisotopic (exact) mass is 420 g/mol. The van der Waals surface area contributed by atoms with E-state index >= 15 is 4.39 Å². The van der Waals surface area contributed by atoms with Crippen molar-refractivity contribution >= 4 is 22.7 Å². The topological polar surface area (TPSA) is 97.6 Å². The molecule has 4 rings (SSSR count). The average molecular weight is 420 g/mol. The highest BCUT2D eigenvalue weighted by Gasteiger charge is 2.28. The lowest BCUT2D eigenvalue weighted by Gasteiger charge is -2.36. The fraction of sp³-hybridized carbons (Fsp3) is 0.474. The number of aromatic amines is 1. The van der Waals surface area contributed by atoms with E-state index in [1.807, 2.05) is 31.7 Å². The molecular weight excluding hydrogens is 395 g/mol. The summed E-state index contributed by atoms with van der Waals surface area (Å²) in [4.78, 5) is 15.8. The normalized spacial score (nSPS) is 15.0. The molecule has 1 fully saturated rings. The standard InChI is InChI=1S/C19H25FN6O4/c1-19(2,3)29-18(27)25-9-7-24(8-10-25)14-6-5-13-16(15(14)20)23(4)21-17(13)26-11-12-28-22-30-26/h5-6,11-12,22H,7-10H2,1-4H3. The zero-order chi connectivity index (χ0) is 21.5. The summed E-state index contributed by atoms with van der Waals surface area (Å²) in [5.41, 5.74) is 0.287. The Labute approximate surface area is 171 Å². The Bertz CT molecular complexity index is 1070. The van der Waals surface area contributed by atoms with Gasteiger partial charge in [0, 0.05) is 33.2 Å². The van der Waals surface area contributed by atoms with Gasteiger partial charge in [-0.2, -0.15) is 5.10 Å². The van der Waals surface area contributed by atoms with Gasteiger partial charge in [-0.05, 0) is 32.9 Å². The molecule has 10 nitrogen and oxygen atoms in total. The largest absolute Gasteiger partial charge is 0.444 e. The number of nitrogens with zero attached hydrogens (tertiary/aromatic N) is 5. The van der Waals surface area contributed by atoms with E-state index in [1.54, 1.807) is 18.0 Å². The third-order valence-corrected chi connectivity index (χ3v) is 4.83. The smallest absolute Gasteiger partial charge is 0.410 e. The van der Waals surface area contributed by atoms with E-state index in [-0.39, 0.29) is 11.9 Å². The Hall–Kier alpha value is -3.37. The number of nitrogens with one attached hydrogen (secondary N) is 1. The highest BCUT2D eigenvalue weighted by atomic mass is 19.1. The van der Waals surface area contributed by atoms with Crippen molar-refractivity contribution < 1.29 is 23.1 Å². The van der Waals surface area contributed by atoms with Crippen molar-refractivity contribution in [1.29, 1.82) is 0 Å². The molecule has 0 atom stereocenters. The minimum absolute atomic E-state index is 0.346. The highest BCUT2D eigenvalue weighted by molar-refractivity contribution is 5.89. The second-order valence-electron chi connectivity index (χ2n) is 8.10. The van der Waals surface area contributed by atoms with Crippen molar-refractivity contribution in [3.63, 3.8) is 0 Å². The Kier molecular flexibility index (Phi) is 4.96. The molecule has 0 radical (unpaired) electrons. The van der Waals surface area contributed by atoms with Gasteiger partial charge >= 0.3 is 6.09 Å². The van der Waals surface area contributed by atoms with Crippen LogP contribution in [0.1, 0.15) is 20.8 Å². The first-order chi connectivity index (χ1) is 14.2. The molecule has 162 valence electrons. The molecular formula is C19H25FN6O4. The molecule has 0 bridgehead atoms. The lowest BCUT2D eigenvalue weighted by Crippen LogP contribution is -2.50. The van der Waals surface area contributed by atoms with Crippen LogP contribution in [-0.4, -0.2) is 62.6 Å². The Morgan fingerprint density at radius 3 is 2.60 bits per heavy atom. The predicted molar refractivity (Wildman–Crippen MR) is 107 cm³/mol. The molecule has 3 aromatic rings. The molecule has 11 heteroatoms. The number of ether oxygens (including phenoxy) is 1. The minimum atomic E-state index is -0.544. The maximum atomic E-state index is 15.4. The van der Waals surface area contributed by atoms with E-state index in [2.05, 4.69) is 10.4 Å². The number of anilines is 1. The van der Waals surface area contributed by atoms with Gasteiger partial charge in [-0.25, -0.2) is 9.18 Å². The third-order valence-electron chi connectivity index (χ3n) is 4.83. The molecule has 30 heavy (non-hydrogen) atoms. The number of fused-ring (bicyclic) bond motifs is 1. The summed E-state index contributed by atoms with van der Waals surface area (Å²) in [6, 6.07) is 3.53. The predicted octanol–water partition coefficient (Wildman–Crippen LogP) is 3.20. The fourth-order valence-corrected chi connectivity index (χ4v) is 3.48. The van der Waals surface area contributed by atoms with E-state index in [9.17, 15) is 4.79 Å². The van der Waals surface area contributed by atoms with Crippen LogP contribution in [-0.2, 0) is 11.8 Å². The number of rotatable bonds is 2. The van der Waals surface area contributed by atoms with E-state index in [1.165, 1.54) is 21.9 Å². The van der Waals surface area contributed by atoms with Gasteiger partial charge in [-0.1, -0.05) is 5.33 Å². The molecule has 1 saturated heterocycles. The molecule has 2 aromatic heterocycles. The van der Waals surface area contributed by atoms with Gasteiger partial charge < -0.3 is 19.1 Å². The van der Waals surface area contributed by atoms with Crippen LogP contribution >= 0.6 is 0 Å². The number of aromatic nitrogens is 4. The van der Waals surface area contributed by atoms with Crippen LogP contribution in [0.25, 0.3) is 16.7 Å². The number of carbonyl (C=O) groups excluding carboxylic acids is 1. The number of aryl methyl sites for hydroxylation is 1. The van der Waals surface area contributed by atoms with Crippen LogP contribution in [0.4, 0.5) is 14.9 Å². The van der Waals surface area contributed by atoms with Gasteiger partial charge in [0.2, 0.25) is 5.82 Å². The molecule has 1 aliphatic heterocycles. The molecule has 0 aliphatic carbocycles. The van der Waals surface area contributed by atoms with Gasteiger partial charge in [-0.3, -0.25) is 9.31 Å². The van der Waals surface area contributed by atoms with E-state index in [0.717, 1.165) is 0 Å². The first-order valence-corrected chi connectivity index (χ1v) is 9.66. The van der Waals surface area contributed by atoms with Gasteiger partial charge in [0.25, 0.3) is 0 Å². The lowest BCUT2D eigenvalue weighted by molar-refractivity contribution is 0.0240. The lowest BCUT2D eigenvalue weighted by atomic mass is 10.1. The zero-order valence-electron chi connectivity index (χ0n) is 17.4. The number of amides is 1. The first kappa shape index (κ1) is 19.9. The summed E-state index contributed by atoms with van der Waals surface area (Å²) in [5, 5.41) is 7.23. The van der Waals surface area contributed by atoms with Crippen LogP contribution in [0, 0.1) is 5.82 Å². The number of piperazine rings is 1. The quantitative estimate of drug-likeness (QED) is 0.684. The number of carbonyl (C=O) groups is 1.